The number of anilines is 2. The maximum Gasteiger partial charge on any atom is 0.224 e. The fourth-order valence-electron chi connectivity index (χ4n) is 6.28. The predicted octanol–water partition coefficient (Wildman–Crippen LogP) is 4.71. The summed E-state index contributed by atoms with van der Waals surface area (Å²) in [4.78, 5) is 15.0. The van der Waals surface area contributed by atoms with Crippen molar-refractivity contribution >= 4 is 17.3 Å². The van der Waals surface area contributed by atoms with E-state index >= 15 is 0 Å². The van der Waals surface area contributed by atoms with Crippen LogP contribution in [0.1, 0.15) is 102 Å². The minimum Gasteiger partial charge on any atom is -0.392 e. The number of carbonyl (C=O) groups excluding carboxylic acids is 1. The van der Waals surface area contributed by atoms with Gasteiger partial charge >= 0.3 is 0 Å². The van der Waals surface area contributed by atoms with Crippen molar-refractivity contribution in [3.05, 3.63) is 59.2 Å². The first-order valence-corrected chi connectivity index (χ1v) is 17.1. The number of aliphatic hydroxyl groups excluding tert-OH is 5. The fraction of sp³-hybridized carbons (Fsp3) is 0.649. The first-order chi connectivity index (χ1) is 21.8. The lowest BCUT2D eigenvalue weighted by atomic mass is 9.66. The molecule has 2 aromatic rings. The molecule has 1 amide bonds. The molecular weight excluding hydrogens is 582 g/mol. The van der Waals surface area contributed by atoms with Crippen LogP contribution in [0.5, 0.6) is 0 Å². The zero-order chi connectivity index (χ0) is 34.4. The van der Waals surface area contributed by atoms with Gasteiger partial charge < -0.3 is 41.1 Å². The third kappa shape index (κ3) is 11.0. The molecule has 260 valence electrons. The van der Waals surface area contributed by atoms with E-state index in [-0.39, 0.29) is 23.8 Å². The van der Waals surface area contributed by atoms with Crippen LogP contribution in [0.4, 0.5) is 11.4 Å². The van der Waals surface area contributed by atoms with E-state index in [1.54, 1.807) is 0 Å². The highest BCUT2D eigenvalue weighted by Gasteiger charge is 2.40. The van der Waals surface area contributed by atoms with E-state index in [0.29, 0.717) is 31.5 Å². The molecule has 0 heterocycles. The van der Waals surface area contributed by atoms with Crippen molar-refractivity contribution in [3.63, 3.8) is 0 Å². The molecule has 0 saturated carbocycles. The van der Waals surface area contributed by atoms with Gasteiger partial charge in [-0.25, -0.2) is 0 Å². The lowest BCUT2D eigenvalue weighted by Crippen LogP contribution is -2.47. The van der Waals surface area contributed by atoms with Crippen LogP contribution in [0.15, 0.2) is 42.5 Å². The topological polar surface area (TPSA) is 146 Å². The number of hydrogen-bond donors (Lipinski definition) is 7. The van der Waals surface area contributed by atoms with Gasteiger partial charge in [-0.1, -0.05) is 51.8 Å². The van der Waals surface area contributed by atoms with Gasteiger partial charge in [-0.3, -0.25) is 4.79 Å². The van der Waals surface area contributed by atoms with Crippen LogP contribution in [0, 0.1) is 12.3 Å². The maximum absolute atomic E-state index is 12.9. The van der Waals surface area contributed by atoms with Crippen LogP contribution in [0.25, 0.3) is 0 Å². The molecule has 0 fully saturated rings. The van der Waals surface area contributed by atoms with Gasteiger partial charge in [0.15, 0.2) is 0 Å². The van der Waals surface area contributed by atoms with Crippen LogP contribution >= 0.6 is 0 Å². The molecule has 46 heavy (non-hydrogen) atoms. The molecule has 7 N–H and O–H groups in total. The number of benzene rings is 2. The van der Waals surface area contributed by atoms with Crippen molar-refractivity contribution in [1.82, 2.24) is 5.32 Å². The van der Waals surface area contributed by atoms with Gasteiger partial charge in [0.2, 0.25) is 5.91 Å². The highest BCUT2D eigenvalue weighted by atomic mass is 16.4. The van der Waals surface area contributed by atoms with Crippen LogP contribution in [-0.4, -0.2) is 89.1 Å². The van der Waals surface area contributed by atoms with Gasteiger partial charge in [0, 0.05) is 44.4 Å². The molecule has 0 aliphatic carbocycles. The molecule has 2 rings (SSSR count). The Labute approximate surface area is 277 Å². The standard InChI is InChI=1S/C37H61N3O6/c1-8-11-20-37(9-2,10-3)36(46)33(30-23-29(40(6)7)19-18-25(30)4)27-15-14-16-28(22-27)39-32(43)17-12-13-21-38-24-31(42)35(45)34(44)26(5)41/h14-16,18-19,22-23,26,31,33-36,38,41-42,44-46H,8-13,17,20-21,24H2,1-7H3,(H,39,43). The van der Waals surface area contributed by atoms with Crippen molar-refractivity contribution in [1.29, 1.82) is 0 Å². The number of hydrogen-bond acceptors (Lipinski definition) is 8. The van der Waals surface area contributed by atoms with Gasteiger partial charge in [-0.15, -0.1) is 0 Å². The van der Waals surface area contributed by atoms with E-state index in [1.165, 1.54) is 6.92 Å². The third-order valence-electron chi connectivity index (χ3n) is 9.62. The highest BCUT2D eigenvalue weighted by Crippen LogP contribution is 2.46. The van der Waals surface area contributed by atoms with E-state index in [2.05, 4.69) is 67.5 Å². The molecule has 0 spiro atoms. The van der Waals surface area contributed by atoms with Crippen LogP contribution in [0.2, 0.25) is 0 Å². The molecule has 0 saturated heterocycles. The van der Waals surface area contributed by atoms with Crippen molar-refractivity contribution in [3.8, 4) is 0 Å². The summed E-state index contributed by atoms with van der Waals surface area (Å²) in [5.74, 6) is -0.370. The number of unbranched alkanes of at least 4 members (excludes halogenated alkanes) is 2. The van der Waals surface area contributed by atoms with Crippen LogP contribution < -0.4 is 15.5 Å². The molecular formula is C37H61N3O6. The normalized spacial score (nSPS) is 15.9. The molecule has 2 aromatic carbocycles. The van der Waals surface area contributed by atoms with Crippen molar-refractivity contribution in [2.24, 2.45) is 5.41 Å². The Bertz CT molecular complexity index is 1190. The van der Waals surface area contributed by atoms with Gasteiger partial charge in [0.25, 0.3) is 0 Å². The monoisotopic (exact) mass is 643 g/mol. The average molecular weight is 644 g/mol. The lowest BCUT2D eigenvalue weighted by Gasteiger charge is -2.42. The molecule has 0 bridgehead atoms. The van der Waals surface area contributed by atoms with Crippen LogP contribution in [0.3, 0.4) is 0 Å². The summed E-state index contributed by atoms with van der Waals surface area (Å²) >= 11 is 0. The Kier molecular flexibility index (Phi) is 16.7. The smallest absolute Gasteiger partial charge is 0.224 e. The predicted molar refractivity (Wildman–Crippen MR) is 187 cm³/mol. The molecule has 6 unspecified atom stereocenters. The number of amides is 1. The summed E-state index contributed by atoms with van der Waals surface area (Å²) in [5.41, 5.74) is 4.72. The second-order valence-electron chi connectivity index (χ2n) is 13.2. The van der Waals surface area contributed by atoms with Gasteiger partial charge in [-0.2, -0.15) is 0 Å². The Morgan fingerprint density at radius 2 is 1.61 bits per heavy atom. The molecule has 0 aromatic heterocycles. The van der Waals surface area contributed by atoms with Gasteiger partial charge in [-0.05, 0) is 98.9 Å². The van der Waals surface area contributed by atoms with Crippen molar-refractivity contribution < 1.29 is 30.3 Å². The minimum absolute atomic E-state index is 0.0592. The molecule has 0 aliphatic rings. The zero-order valence-corrected chi connectivity index (χ0v) is 29.2. The Morgan fingerprint density at radius 1 is 0.913 bits per heavy atom. The number of nitrogens with zero attached hydrogens (tertiary/aromatic N) is 1. The van der Waals surface area contributed by atoms with Crippen molar-refractivity contribution in [2.45, 2.75) is 122 Å². The number of rotatable bonds is 21. The SMILES string of the molecule is CCCCC(CC)(CC)C(O)C(c1cccc(NC(=O)CCCCNCC(O)C(O)C(O)C(C)O)c1)c1cc(N(C)C)ccc1C. The zero-order valence-electron chi connectivity index (χ0n) is 29.2. The quantitative estimate of drug-likeness (QED) is 0.0969. The summed E-state index contributed by atoms with van der Waals surface area (Å²) in [6, 6.07) is 14.3. The van der Waals surface area contributed by atoms with E-state index in [4.69, 9.17) is 0 Å². The molecule has 6 atom stereocenters. The first kappa shape index (κ1) is 39.6. The average Bonchev–Trinajstić information content (AvgIpc) is 3.03. The summed E-state index contributed by atoms with van der Waals surface area (Å²) in [5, 5.41) is 57.4. The third-order valence-corrected chi connectivity index (χ3v) is 9.62. The first-order valence-electron chi connectivity index (χ1n) is 17.1. The summed E-state index contributed by atoms with van der Waals surface area (Å²) in [7, 11) is 4.04. The van der Waals surface area contributed by atoms with Crippen molar-refractivity contribution in [2.75, 3.05) is 37.4 Å². The van der Waals surface area contributed by atoms with E-state index in [9.17, 15) is 30.3 Å². The lowest BCUT2D eigenvalue weighted by molar-refractivity contribution is -0.116. The molecule has 9 heteroatoms. The number of nitrogens with one attached hydrogen (secondary N) is 2. The molecule has 0 aliphatic heterocycles. The molecule has 0 radical (unpaired) electrons. The summed E-state index contributed by atoms with van der Waals surface area (Å²) < 4.78 is 0. The maximum atomic E-state index is 12.9. The second kappa shape index (κ2) is 19.3. The Morgan fingerprint density at radius 3 is 2.22 bits per heavy atom. The van der Waals surface area contributed by atoms with E-state index in [1.807, 2.05) is 32.3 Å². The summed E-state index contributed by atoms with van der Waals surface area (Å²) in [6.07, 6.45) is 0.607. The number of carbonyl (C=O) groups is 1. The largest absolute Gasteiger partial charge is 0.392 e. The molecule has 9 nitrogen and oxygen atoms in total. The fourth-order valence-corrected chi connectivity index (χ4v) is 6.28. The van der Waals surface area contributed by atoms with Gasteiger partial charge in [0.05, 0.1) is 18.3 Å². The van der Waals surface area contributed by atoms with E-state index < -0.39 is 30.5 Å². The van der Waals surface area contributed by atoms with Crippen LogP contribution in [-0.2, 0) is 4.79 Å². The highest BCUT2D eigenvalue weighted by molar-refractivity contribution is 5.90. The summed E-state index contributed by atoms with van der Waals surface area (Å²) in [6.45, 7) is 10.6. The Hall–Kier alpha value is -2.53. The Balaban J connectivity index is 2.18. The number of aliphatic hydroxyl groups is 5. The second-order valence-corrected chi connectivity index (χ2v) is 13.2. The minimum atomic E-state index is -1.45. The number of aryl methyl sites for hydroxylation is 1. The van der Waals surface area contributed by atoms with E-state index in [0.717, 1.165) is 54.5 Å². The van der Waals surface area contributed by atoms with Gasteiger partial charge in [0.1, 0.15) is 12.2 Å².